The average molecular weight is 453 g/mol. The first-order valence-electron chi connectivity index (χ1n) is 8.12. The molecule has 9 heteroatoms. The Hall–Kier alpha value is -2.39. The van der Waals surface area contributed by atoms with E-state index in [-0.39, 0.29) is 22.3 Å². The zero-order chi connectivity index (χ0) is 19.6. The summed E-state index contributed by atoms with van der Waals surface area (Å²) in [7, 11) is -2.83. The predicted octanol–water partition coefficient (Wildman–Crippen LogP) is 3.39. The SMILES string of the molecule is COC(=O)c1cc(Br)ccc1S(=O)(=O)Nc1ccc(NC(=O)C2CC2)cc1. The third-order valence-electron chi connectivity index (χ3n) is 3.99. The molecule has 0 unspecified atom stereocenters. The molecule has 0 aromatic heterocycles. The molecule has 1 aliphatic carbocycles. The molecule has 1 aliphatic rings. The number of nitrogens with one attached hydrogen (secondary N) is 2. The number of carbonyl (C=O) groups excluding carboxylic acids is 2. The molecule has 0 heterocycles. The molecule has 1 saturated carbocycles. The monoisotopic (exact) mass is 452 g/mol. The second-order valence-corrected chi connectivity index (χ2v) is 8.64. The first-order chi connectivity index (χ1) is 12.8. The summed E-state index contributed by atoms with van der Waals surface area (Å²) in [5.41, 5.74) is 0.819. The zero-order valence-corrected chi connectivity index (χ0v) is 16.8. The highest BCUT2D eigenvalue weighted by molar-refractivity contribution is 9.10. The van der Waals surface area contributed by atoms with E-state index in [1.807, 2.05) is 0 Å². The van der Waals surface area contributed by atoms with Crippen LogP contribution in [-0.2, 0) is 19.6 Å². The van der Waals surface area contributed by atoms with Gasteiger partial charge in [0.25, 0.3) is 10.0 Å². The first-order valence-corrected chi connectivity index (χ1v) is 10.4. The van der Waals surface area contributed by atoms with E-state index in [0.29, 0.717) is 15.8 Å². The summed E-state index contributed by atoms with van der Waals surface area (Å²) >= 11 is 3.21. The fraction of sp³-hybridized carbons (Fsp3) is 0.222. The predicted molar refractivity (Wildman–Crippen MR) is 104 cm³/mol. The molecule has 1 fully saturated rings. The van der Waals surface area contributed by atoms with Crippen LogP contribution in [0.2, 0.25) is 0 Å². The van der Waals surface area contributed by atoms with Gasteiger partial charge in [-0.1, -0.05) is 15.9 Å². The van der Waals surface area contributed by atoms with Gasteiger partial charge in [-0.2, -0.15) is 0 Å². The van der Waals surface area contributed by atoms with Gasteiger partial charge in [0.05, 0.1) is 12.7 Å². The average Bonchev–Trinajstić information content (AvgIpc) is 3.47. The van der Waals surface area contributed by atoms with Gasteiger partial charge in [0.2, 0.25) is 5.91 Å². The van der Waals surface area contributed by atoms with Gasteiger partial charge in [-0.3, -0.25) is 9.52 Å². The van der Waals surface area contributed by atoms with E-state index in [0.717, 1.165) is 12.8 Å². The van der Waals surface area contributed by atoms with Crippen molar-refractivity contribution in [3.63, 3.8) is 0 Å². The van der Waals surface area contributed by atoms with Crippen LogP contribution in [0.5, 0.6) is 0 Å². The van der Waals surface area contributed by atoms with Crippen LogP contribution in [0.1, 0.15) is 23.2 Å². The third-order valence-corrected chi connectivity index (χ3v) is 5.92. The van der Waals surface area contributed by atoms with Crippen molar-refractivity contribution in [1.82, 2.24) is 0 Å². The summed E-state index contributed by atoms with van der Waals surface area (Å²) in [6.07, 6.45) is 1.80. The van der Waals surface area contributed by atoms with Crippen LogP contribution in [0, 0.1) is 5.92 Å². The molecule has 0 atom stereocenters. The summed E-state index contributed by atoms with van der Waals surface area (Å²) < 4.78 is 33.1. The number of anilines is 2. The fourth-order valence-corrected chi connectivity index (χ4v) is 4.02. The van der Waals surface area contributed by atoms with Crippen molar-refractivity contribution in [2.24, 2.45) is 5.92 Å². The molecule has 0 bridgehead atoms. The Labute approximate surface area is 165 Å². The zero-order valence-electron chi connectivity index (χ0n) is 14.4. The van der Waals surface area contributed by atoms with Crippen molar-refractivity contribution in [1.29, 1.82) is 0 Å². The Morgan fingerprint density at radius 3 is 2.30 bits per heavy atom. The number of carbonyl (C=O) groups is 2. The molecule has 2 aromatic carbocycles. The summed E-state index contributed by atoms with van der Waals surface area (Å²) in [4.78, 5) is 23.5. The molecule has 0 radical (unpaired) electrons. The summed E-state index contributed by atoms with van der Waals surface area (Å²) in [6, 6.07) is 10.5. The van der Waals surface area contributed by atoms with Crippen molar-refractivity contribution >= 4 is 49.2 Å². The molecule has 1 amide bonds. The van der Waals surface area contributed by atoms with E-state index in [4.69, 9.17) is 0 Å². The normalized spacial score (nSPS) is 13.7. The summed E-state index contributed by atoms with van der Waals surface area (Å²) in [5, 5.41) is 2.78. The van der Waals surface area contributed by atoms with Gasteiger partial charge in [0.1, 0.15) is 4.90 Å². The number of benzene rings is 2. The van der Waals surface area contributed by atoms with Crippen LogP contribution < -0.4 is 10.0 Å². The largest absolute Gasteiger partial charge is 0.465 e. The van der Waals surface area contributed by atoms with Gasteiger partial charge >= 0.3 is 5.97 Å². The maximum Gasteiger partial charge on any atom is 0.339 e. The van der Waals surface area contributed by atoms with Crippen LogP contribution in [0.15, 0.2) is 51.8 Å². The Balaban J connectivity index is 1.80. The lowest BCUT2D eigenvalue weighted by atomic mass is 10.2. The molecule has 2 N–H and O–H groups in total. The highest BCUT2D eigenvalue weighted by Crippen LogP contribution is 2.30. The lowest BCUT2D eigenvalue weighted by molar-refractivity contribution is -0.117. The molecule has 3 rings (SSSR count). The Kier molecular flexibility index (Phi) is 5.52. The number of rotatable bonds is 6. The van der Waals surface area contributed by atoms with E-state index in [1.165, 1.54) is 37.4 Å². The van der Waals surface area contributed by atoms with Crippen LogP contribution in [0.25, 0.3) is 0 Å². The molecule has 0 spiro atoms. The van der Waals surface area contributed by atoms with Crippen molar-refractivity contribution in [2.75, 3.05) is 17.1 Å². The summed E-state index contributed by atoms with van der Waals surface area (Å²) in [6.45, 7) is 0. The van der Waals surface area contributed by atoms with E-state index in [1.54, 1.807) is 12.1 Å². The quantitative estimate of drug-likeness (QED) is 0.653. The van der Waals surface area contributed by atoms with Crippen molar-refractivity contribution in [2.45, 2.75) is 17.7 Å². The Morgan fingerprint density at radius 1 is 1.07 bits per heavy atom. The van der Waals surface area contributed by atoms with Crippen LogP contribution in [0.4, 0.5) is 11.4 Å². The van der Waals surface area contributed by atoms with Gasteiger partial charge in [-0.25, -0.2) is 13.2 Å². The number of halogens is 1. The molecule has 142 valence electrons. The van der Waals surface area contributed by atoms with E-state index < -0.39 is 16.0 Å². The van der Waals surface area contributed by atoms with Gasteiger partial charge in [-0.15, -0.1) is 0 Å². The molecule has 27 heavy (non-hydrogen) atoms. The molecule has 7 nitrogen and oxygen atoms in total. The number of amides is 1. The maximum absolute atomic E-state index is 12.7. The van der Waals surface area contributed by atoms with Crippen molar-refractivity contribution in [3.8, 4) is 0 Å². The number of sulfonamides is 1. The number of methoxy groups -OCH3 is 1. The standard InChI is InChI=1S/C18H17BrN2O5S/c1-26-18(23)15-10-12(19)4-9-16(15)27(24,25)21-14-7-5-13(6-8-14)20-17(22)11-2-3-11/h4-11,21H,2-3H2,1H3,(H,20,22). The van der Waals surface area contributed by atoms with Crippen LogP contribution in [0.3, 0.4) is 0 Å². The van der Waals surface area contributed by atoms with E-state index in [9.17, 15) is 18.0 Å². The van der Waals surface area contributed by atoms with Gasteiger partial charge in [0, 0.05) is 21.8 Å². The van der Waals surface area contributed by atoms with E-state index in [2.05, 4.69) is 30.7 Å². The van der Waals surface area contributed by atoms with Crippen molar-refractivity contribution in [3.05, 3.63) is 52.5 Å². The Morgan fingerprint density at radius 2 is 1.70 bits per heavy atom. The second-order valence-electron chi connectivity index (χ2n) is 6.08. The minimum atomic E-state index is -4.01. The second kappa shape index (κ2) is 7.69. The lowest BCUT2D eigenvalue weighted by Crippen LogP contribution is -2.18. The minimum absolute atomic E-state index is 0.0269. The van der Waals surface area contributed by atoms with Gasteiger partial charge in [-0.05, 0) is 55.3 Å². The summed E-state index contributed by atoms with van der Waals surface area (Å²) in [5.74, 6) is -0.701. The van der Waals surface area contributed by atoms with Crippen molar-refractivity contribution < 1.29 is 22.7 Å². The Bertz CT molecular complexity index is 985. The van der Waals surface area contributed by atoms with Crippen LogP contribution in [-0.4, -0.2) is 27.4 Å². The number of hydrogen-bond donors (Lipinski definition) is 2. The number of esters is 1. The first kappa shape index (κ1) is 19.4. The number of hydrogen-bond acceptors (Lipinski definition) is 5. The van der Waals surface area contributed by atoms with Gasteiger partial charge < -0.3 is 10.1 Å². The van der Waals surface area contributed by atoms with Gasteiger partial charge in [0.15, 0.2) is 0 Å². The third kappa shape index (κ3) is 4.67. The highest BCUT2D eigenvalue weighted by Gasteiger charge is 2.29. The lowest BCUT2D eigenvalue weighted by Gasteiger charge is -2.12. The maximum atomic E-state index is 12.7. The highest BCUT2D eigenvalue weighted by atomic mass is 79.9. The topological polar surface area (TPSA) is 102 Å². The number of ether oxygens (including phenoxy) is 1. The van der Waals surface area contributed by atoms with Crippen LogP contribution >= 0.6 is 15.9 Å². The fourth-order valence-electron chi connectivity index (χ4n) is 2.43. The molecule has 2 aromatic rings. The molecule has 0 aliphatic heterocycles. The minimum Gasteiger partial charge on any atom is -0.465 e. The molecule has 0 saturated heterocycles. The molecular weight excluding hydrogens is 436 g/mol. The molecular formula is C18H17BrN2O5S. The van der Waals surface area contributed by atoms with E-state index >= 15 is 0 Å². The smallest absolute Gasteiger partial charge is 0.339 e.